The molecule has 7 nitrogen and oxygen atoms in total. The summed E-state index contributed by atoms with van der Waals surface area (Å²) in [4.78, 5) is 21.0. The Morgan fingerprint density at radius 1 is 1.18 bits per heavy atom. The van der Waals surface area contributed by atoms with Crippen molar-refractivity contribution >= 4 is 22.6 Å². The molecule has 10 heteroatoms. The Labute approximate surface area is 218 Å². The highest BCUT2D eigenvalue weighted by molar-refractivity contribution is 5.99. The molecule has 2 N–H and O–H groups in total. The lowest BCUT2D eigenvalue weighted by Gasteiger charge is -2.37. The summed E-state index contributed by atoms with van der Waals surface area (Å²) in [6, 6.07) is 8.06. The van der Waals surface area contributed by atoms with Gasteiger partial charge in [-0.1, -0.05) is 12.1 Å². The maximum absolute atomic E-state index is 15.1. The highest BCUT2D eigenvalue weighted by Gasteiger charge is 2.41. The zero-order valence-corrected chi connectivity index (χ0v) is 21.1. The first-order valence-corrected chi connectivity index (χ1v) is 12.8. The van der Waals surface area contributed by atoms with Crippen LogP contribution < -0.4 is 10.5 Å². The summed E-state index contributed by atoms with van der Waals surface area (Å²) >= 11 is 0. The van der Waals surface area contributed by atoms with Crippen molar-refractivity contribution in [2.75, 3.05) is 32.4 Å². The van der Waals surface area contributed by atoms with Crippen molar-refractivity contribution in [3.05, 3.63) is 64.0 Å². The molecule has 2 aromatic carbocycles. The van der Waals surface area contributed by atoms with Crippen LogP contribution in [0.1, 0.15) is 45.5 Å². The van der Waals surface area contributed by atoms with Gasteiger partial charge in [0.2, 0.25) is 0 Å². The van der Waals surface area contributed by atoms with Crippen LogP contribution in [0, 0.1) is 5.82 Å². The minimum atomic E-state index is -2.78. The summed E-state index contributed by atoms with van der Waals surface area (Å²) in [5, 5.41) is 0.534. The van der Waals surface area contributed by atoms with Crippen LogP contribution >= 0.6 is 0 Å². The molecule has 3 aliphatic heterocycles. The number of likely N-dealkylation sites (tertiary alicyclic amines) is 1. The first kappa shape index (κ1) is 24.9. The molecule has 1 spiro atoms. The van der Waals surface area contributed by atoms with Gasteiger partial charge in [0, 0.05) is 55.9 Å². The van der Waals surface area contributed by atoms with Gasteiger partial charge < -0.3 is 25.0 Å². The zero-order valence-electron chi connectivity index (χ0n) is 21.1. The molecule has 0 radical (unpaired) electrons. The van der Waals surface area contributed by atoms with Crippen LogP contribution in [0.25, 0.3) is 10.9 Å². The Hall–Kier alpha value is -3.37. The molecule has 0 saturated carbocycles. The Morgan fingerprint density at radius 2 is 1.95 bits per heavy atom. The first-order valence-electron chi connectivity index (χ1n) is 12.8. The molecule has 1 fully saturated rings. The number of nitrogen functional groups attached to an aromatic ring is 1. The molecule has 4 heterocycles. The number of anilines is 1. The predicted molar refractivity (Wildman–Crippen MR) is 136 cm³/mol. The molecule has 0 bridgehead atoms. The van der Waals surface area contributed by atoms with E-state index in [2.05, 4.69) is 16.9 Å². The molecule has 38 heavy (non-hydrogen) atoms. The third-order valence-electron chi connectivity index (χ3n) is 7.93. The van der Waals surface area contributed by atoms with Crippen LogP contribution in [0.5, 0.6) is 5.75 Å². The lowest BCUT2D eigenvalue weighted by Crippen LogP contribution is -2.45. The Morgan fingerprint density at radius 3 is 2.71 bits per heavy atom. The van der Waals surface area contributed by atoms with E-state index in [0.717, 1.165) is 60.2 Å². The number of rotatable bonds is 5. The summed E-state index contributed by atoms with van der Waals surface area (Å²) in [6.07, 6.45) is -0.197. The predicted octanol–water partition coefficient (Wildman–Crippen LogP) is 4.29. The third-order valence-corrected chi connectivity index (χ3v) is 7.93. The van der Waals surface area contributed by atoms with Crippen molar-refractivity contribution in [2.24, 2.45) is 0 Å². The Balaban J connectivity index is 1.28. The number of aromatic nitrogens is 1. The fourth-order valence-electron chi connectivity index (χ4n) is 5.82. The maximum atomic E-state index is 15.1. The van der Waals surface area contributed by atoms with E-state index in [-0.39, 0.29) is 36.7 Å². The van der Waals surface area contributed by atoms with Crippen molar-refractivity contribution in [3.8, 4) is 5.75 Å². The SMILES string of the molecule is CN1CCC2(CC1)Cc1cc(CN(CC(F)F)C(=O)c3cc4c5c(c(N)nc4cc3F)COC5)ccc1O2. The number of halogens is 3. The number of hydrogen-bond acceptors (Lipinski definition) is 6. The monoisotopic (exact) mass is 526 g/mol. The zero-order chi connectivity index (χ0) is 26.6. The minimum absolute atomic E-state index is 0.0785. The van der Waals surface area contributed by atoms with Crippen LogP contribution in [-0.2, 0) is 30.9 Å². The molecular weight excluding hydrogens is 497 g/mol. The molecule has 0 aliphatic carbocycles. The second-order valence-corrected chi connectivity index (χ2v) is 10.6. The van der Waals surface area contributed by atoms with E-state index in [9.17, 15) is 13.6 Å². The second-order valence-electron chi connectivity index (χ2n) is 10.6. The second kappa shape index (κ2) is 9.43. The van der Waals surface area contributed by atoms with Gasteiger partial charge in [0.05, 0.1) is 30.8 Å². The van der Waals surface area contributed by atoms with Crippen LogP contribution in [0.3, 0.4) is 0 Å². The fourth-order valence-corrected chi connectivity index (χ4v) is 5.82. The number of benzene rings is 2. The van der Waals surface area contributed by atoms with Crippen molar-refractivity contribution in [1.29, 1.82) is 0 Å². The van der Waals surface area contributed by atoms with Crippen molar-refractivity contribution in [3.63, 3.8) is 0 Å². The van der Waals surface area contributed by atoms with E-state index in [1.54, 1.807) is 6.07 Å². The smallest absolute Gasteiger partial charge is 0.257 e. The fraction of sp³-hybridized carbons (Fsp3) is 0.429. The number of fused-ring (bicyclic) bond motifs is 4. The van der Waals surface area contributed by atoms with Crippen LogP contribution in [0.4, 0.5) is 19.0 Å². The van der Waals surface area contributed by atoms with Crippen LogP contribution in [0.2, 0.25) is 0 Å². The molecule has 0 atom stereocenters. The van der Waals surface area contributed by atoms with Gasteiger partial charge in [-0.2, -0.15) is 0 Å². The van der Waals surface area contributed by atoms with E-state index in [4.69, 9.17) is 15.2 Å². The van der Waals surface area contributed by atoms with Crippen LogP contribution in [-0.4, -0.2) is 59.4 Å². The molecule has 1 aromatic heterocycles. The number of nitrogens with zero attached hydrogens (tertiary/aromatic N) is 3. The largest absolute Gasteiger partial charge is 0.487 e. The van der Waals surface area contributed by atoms with E-state index < -0.39 is 24.7 Å². The average Bonchev–Trinajstić information content (AvgIpc) is 3.50. The highest BCUT2D eigenvalue weighted by atomic mass is 19.3. The summed E-state index contributed by atoms with van der Waals surface area (Å²) < 4.78 is 54.1. The van der Waals surface area contributed by atoms with E-state index in [0.29, 0.717) is 22.0 Å². The first-order chi connectivity index (χ1) is 18.2. The molecular formula is C28H29F3N4O3. The molecule has 0 unspecified atom stereocenters. The Bertz CT molecular complexity index is 1420. The van der Waals surface area contributed by atoms with Gasteiger partial charge in [0.25, 0.3) is 12.3 Å². The van der Waals surface area contributed by atoms with Gasteiger partial charge >= 0.3 is 0 Å². The van der Waals surface area contributed by atoms with Gasteiger partial charge in [0.1, 0.15) is 23.0 Å². The molecule has 3 aliphatic rings. The van der Waals surface area contributed by atoms with Gasteiger partial charge in [-0.05, 0) is 35.9 Å². The van der Waals surface area contributed by atoms with E-state index in [1.807, 2.05) is 12.1 Å². The summed E-state index contributed by atoms with van der Waals surface area (Å²) in [5.74, 6) is -0.587. The Kier molecular flexibility index (Phi) is 6.19. The topological polar surface area (TPSA) is 80.9 Å². The maximum Gasteiger partial charge on any atom is 0.257 e. The molecule has 3 aromatic rings. The summed E-state index contributed by atoms with van der Waals surface area (Å²) in [5.41, 5.74) is 8.90. The summed E-state index contributed by atoms with van der Waals surface area (Å²) in [7, 11) is 2.09. The van der Waals surface area contributed by atoms with Gasteiger partial charge in [-0.3, -0.25) is 4.79 Å². The molecule has 1 amide bonds. The third kappa shape index (κ3) is 4.45. The van der Waals surface area contributed by atoms with E-state index >= 15 is 4.39 Å². The molecule has 200 valence electrons. The lowest BCUT2D eigenvalue weighted by atomic mass is 9.87. The average molecular weight is 527 g/mol. The molecule has 6 rings (SSSR count). The minimum Gasteiger partial charge on any atom is -0.487 e. The van der Waals surface area contributed by atoms with E-state index in [1.165, 1.54) is 6.07 Å². The molecule has 1 saturated heterocycles. The number of carbonyl (C=O) groups excluding carboxylic acids is 1. The van der Waals surface area contributed by atoms with Crippen molar-refractivity contribution < 1.29 is 27.4 Å². The van der Waals surface area contributed by atoms with Crippen molar-refractivity contribution in [1.82, 2.24) is 14.8 Å². The number of hydrogen-bond donors (Lipinski definition) is 1. The van der Waals surface area contributed by atoms with Crippen LogP contribution in [0.15, 0.2) is 30.3 Å². The van der Waals surface area contributed by atoms with Gasteiger partial charge in [-0.25, -0.2) is 18.2 Å². The number of ether oxygens (including phenoxy) is 2. The standard InChI is InChI=1S/C28H29F3N4O3/c1-34-6-4-28(5-7-34)11-17-8-16(2-3-24(17)38-28)12-35(13-25(30)31)27(36)19-9-18-20-14-37-15-21(20)26(32)33-23(18)10-22(19)29/h2-3,8-10,25H,4-7,11-15H2,1H3,(H2,32,33). The number of nitrogens with two attached hydrogens (primary N) is 1. The number of carbonyl (C=O) groups is 1. The normalized spacial score (nSPS) is 18.1. The number of alkyl halides is 2. The number of amides is 1. The number of pyridine rings is 1. The lowest BCUT2D eigenvalue weighted by molar-refractivity contribution is 0.0271. The van der Waals surface area contributed by atoms with Crippen molar-refractivity contribution in [2.45, 2.75) is 51.0 Å². The summed E-state index contributed by atoms with van der Waals surface area (Å²) in [6.45, 7) is 1.54. The van der Waals surface area contributed by atoms with Gasteiger partial charge in [-0.15, -0.1) is 0 Å². The highest BCUT2D eigenvalue weighted by Crippen LogP contribution is 2.41. The van der Waals surface area contributed by atoms with Gasteiger partial charge in [0.15, 0.2) is 0 Å². The number of piperidine rings is 1. The quantitative estimate of drug-likeness (QED) is 0.534.